The van der Waals surface area contributed by atoms with Crippen molar-refractivity contribution in [1.29, 1.82) is 0 Å². The molecule has 2 N–H and O–H groups in total. The number of thioether (sulfide) groups is 1. The molecule has 7 nitrogen and oxygen atoms in total. The van der Waals surface area contributed by atoms with Crippen LogP contribution in [0.2, 0.25) is 0 Å². The number of nitrogens with one attached hydrogen (secondary N) is 1. The number of hydrogen-bond acceptors (Lipinski definition) is 7. The number of anilines is 1. The smallest absolute Gasteiger partial charge is 0.267 e. The van der Waals surface area contributed by atoms with E-state index in [1.165, 1.54) is 22.6 Å². The van der Waals surface area contributed by atoms with Gasteiger partial charge in [-0.05, 0) is 30.2 Å². The van der Waals surface area contributed by atoms with Crippen LogP contribution in [0.5, 0.6) is 0 Å². The van der Waals surface area contributed by atoms with Crippen LogP contribution in [0, 0.1) is 0 Å². The number of amides is 1. The number of benzene rings is 1. The Hall–Kier alpha value is -3.01. The van der Waals surface area contributed by atoms with E-state index >= 15 is 0 Å². The number of pyridine rings is 1. The Kier molecular flexibility index (Phi) is 8.90. The number of rotatable bonds is 11. The fourth-order valence-electron chi connectivity index (χ4n) is 4.05. The molecule has 1 aliphatic rings. The topological polar surface area (TPSA) is 86.9 Å². The van der Waals surface area contributed by atoms with Gasteiger partial charge in [0, 0.05) is 19.3 Å². The van der Waals surface area contributed by atoms with Crippen LogP contribution in [0.3, 0.4) is 0 Å². The molecular formula is C27H30N4O3S2. The van der Waals surface area contributed by atoms with E-state index in [1.807, 2.05) is 30.3 Å². The number of aromatic nitrogens is 2. The number of hydrogen-bond donors (Lipinski definition) is 2. The van der Waals surface area contributed by atoms with Gasteiger partial charge in [0.25, 0.3) is 11.5 Å². The molecule has 188 valence electrons. The van der Waals surface area contributed by atoms with E-state index in [0.29, 0.717) is 27.2 Å². The van der Waals surface area contributed by atoms with Gasteiger partial charge in [0.1, 0.15) is 15.8 Å². The highest BCUT2D eigenvalue weighted by molar-refractivity contribution is 8.26. The minimum absolute atomic E-state index is 0.152. The summed E-state index contributed by atoms with van der Waals surface area (Å²) in [5, 5.41) is 13.7. The third kappa shape index (κ3) is 6.03. The predicted molar refractivity (Wildman–Crippen MR) is 150 cm³/mol. The van der Waals surface area contributed by atoms with E-state index in [9.17, 15) is 14.7 Å². The number of thiocarbonyl (C=S) groups is 1. The van der Waals surface area contributed by atoms with Gasteiger partial charge in [-0.2, -0.15) is 0 Å². The van der Waals surface area contributed by atoms with Crippen LogP contribution in [0.25, 0.3) is 11.7 Å². The molecule has 1 aliphatic heterocycles. The molecular weight excluding hydrogens is 492 g/mol. The molecule has 0 aliphatic carbocycles. The maximum atomic E-state index is 13.4. The van der Waals surface area contributed by atoms with Crippen LogP contribution in [0.1, 0.15) is 56.3 Å². The first-order chi connectivity index (χ1) is 17.5. The quantitative estimate of drug-likeness (QED) is 0.208. The van der Waals surface area contributed by atoms with E-state index in [0.717, 1.165) is 31.2 Å². The highest BCUT2D eigenvalue weighted by Crippen LogP contribution is 2.33. The molecule has 0 saturated carbocycles. The second-order valence-corrected chi connectivity index (χ2v) is 10.3. The lowest BCUT2D eigenvalue weighted by molar-refractivity contribution is -0.122. The van der Waals surface area contributed by atoms with Crippen LogP contribution >= 0.6 is 24.0 Å². The van der Waals surface area contributed by atoms with Crippen LogP contribution in [0.4, 0.5) is 5.82 Å². The maximum Gasteiger partial charge on any atom is 0.267 e. The van der Waals surface area contributed by atoms with Crippen molar-refractivity contribution in [1.82, 2.24) is 14.3 Å². The monoisotopic (exact) mass is 522 g/mol. The zero-order valence-corrected chi connectivity index (χ0v) is 21.9. The summed E-state index contributed by atoms with van der Waals surface area (Å²) in [7, 11) is 0. The first kappa shape index (κ1) is 26.1. The maximum absolute atomic E-state index is 13.4. The zero-order chi connectivity index (χ0) is 25.5. The Balaban J connectivity index is 1.60. The molecule has 1 amide bonds. The Bertz CT molecular complexity index is 1320. The van der Waals surface area contributed by atoms with Gasteiger partial charge in [0.2, 0.25) is 0 Å². The van der Waals surface area contributed by atoms with Gasteiger partial charge in [-0.25, -0.2) is 4.98 Å². The summed E-state index contributed by atoms with van der Waals surface area (Å²) in [6, 6.07) is 14.6. The standard InChI is InChI=1S/C27H30N4O3S2/c1-2-3-4-5-10-16-31-26(34)22(36-27(31)35)17-20-24(28-18-21(32)19-12-7-6-8-13-19)29-23-14-9-11-15-30(23)25(20)33/h6-9,11-15,17,21,28,32H,2-5,10,16,18H2,1H3/b22-17-/t21-/m0/s1. The first-order valence-corrected chi connectivity index (χ1v) is 13.5. The number of unbranched alkanes of at least 4 members (excludes halogenated alkanes) is 4. The largest absolute Gasteiger partial charge is 0.387 e. The molecule has 3 aromatic rings. The molecule has 0 bridgehead atoms. The van der Waals surface area contributed by atoms with E-state index in [-0.39, 0.29) is 23.6 Å². The molecule has 0 radical (unpaired) electrons. The average Bonchev–Trinajstić information content (AvgIpc) is 3.16. The molecule has 0 spiro atoms. The lowest BCUT2D eigenvalue weighted by Gasteiger charge is -2.15. The second-order valence-electron chi connectivity index (χ2n) is 8.66. The summed E-state index contributed by atoms with van der Waals surface area (Å²) < 4.78 is 1.95. The summed E-state index contributed by atoms with van der Waals surface area (Å²) >= 11 is 6.68. The van der Waals surface area contributed by atoms with Crippen molar-refractivity contribution in [2.24, 2.45) is 0 Å². The minimum atomic E-state index is -0.791. The van der Waals surface area contributed by atoms with Gasteiger partial charge in [-0.3, -0.25) is 18.9 Å². The van der Waals surface area contributed by atoms with Gasteiger partial charge < -0.3 is 10.4 Å². The Morgan fingerprint density at radius 3 is 2.61 bits per heavy atom. The van der Waals surface area contributed by atoms with Gasteiger partial charge in [0.05, 0.1) is 16.6 Å². The zero-order valence-electron chi connectivity index (χ0n) is 20.2. The lowest BCUT2D eigenvalue weighted by Crippen LogP contribution is -2.29. The van der Waals surface area contributed by atoms with Crippen molar-refractivity contribution in [2.45, 2.75) is 45.1 Å². The third-order valence-corrected chi connectivity index (χ3v) is 7.43. The molecule has 4 rings (SSSR count). The minimum Gasteiger partial charge on any atom is -0.387 e. The van der Waals surface area contributed by atoms with Crippen molar-refractivity contribution in [3.05, 3.63) is 81.1 Å². The van der Waals surface area contributed by atoms with Crippen LogP contribution < -0.4 is 10.9 Å². The Morgan fingerprint density at radius 2 is 1.83 bits per heavy atom. The van der Waals surface area contributed by atoms with Gasteiger partial charge in [0.15, 0.2) is 0 Å². The van der Waals surface area contributed by atoms with E-state index in [2.05, 4.69) is 17.2 Å². The highest BCUT2D eigenvalue weighted by Gasteiger charge is 2.32. The molecule has 9 heteroatoms. The van der Waals surface area contributed by atoms with Gasteiger partial charge >= 0.3 is 0 Å². The normalized spacial score (nSPS) is 15.7. The fraction of sp³-hybridized carbons (Fsp3) is 0.333. The molecule has 3 heterocycles. The Labute approximate surface area is 220 Å². The molecule has 36 heavy (non-hydrogen) atoms. The number of fused-ring (bicyclic) bond motifs is 1. The predicted octanol–water partition coefficient (Wildman–Crippen LogP) is 5.01. The van der Waals surface area contributed by atoms with Crippen molar-refractivity contribution >= 4 is 51.7 Å². The van der Waals surface area contributed by atoms with Crippen molar-refractivity contribution in [3.8, 4) is 0 Å². The highest BCUT2D eigenvalue weighted by atomic mass is 32.2. The Morgan fingerprint density at radius 1 is 1.08 bits per heavy atom. The van der Waals surface area contributed by atoms with Crippen molar-refractivity contribution in [2.75, 3.05) is 18.4 Å². The number of carbonyl (C=O) groups is 1. The number of carbonyl (C=O) groups excluding carboxylic acids is 1. The summed E-state index contributed by atoms with van der Waals surface area (Å²) in [6.07, 6.45) is 7.87. The van der Waals surface area contributed by atoms with E-state index < -0.39 is 6.10 Å². The first-order valence-electron chi connectivity index (χ1n) is 12.2. The molecule has 1 fully saturated rings. The van der Waals surface area contributed by atoms with Gasteiger partial charge in [-0.15, -0.1) is 0 Å². The number of aliphatic hydroxyl groups is 1. The second kappa shape index (κ2) is 12.3. The SMILES string of the molecule is CCCCCCCN1C(=O)/C(=C/c2c(NC[C@H](O)c3ccccc3)nc3ccccn3c2=O)SC1=S. The average molecular weight is 523 g/mol. The summed E-state index contributed by atoms with van der Waals surface area (Å²) in [5.74, 6) is 0.124. The molecule has 2 aromatic heterocycles. The molecule has 1 atom stereocenters. The van der Waals surface area contributed by atoms with Crippen molar-refractivity contribution in [3.63, 3.8) is 0 Å². The lowest BCUT2D eigenvalue weighted by atomic mass is 10.1. The van der Waals surface area contributed by atoms with Gasteiger partial charge in [-0.1, -0.05) is 93.0 Å². The fourth-order valence-corrected chi connectivity index (χ4v) is 5.34. The summed E-state index contributed by atoms with van der Waals surface area (Å²) in [4.78, 5) is 33.2. The molecule has 0 unspecified atom stereocenters. The number of aliphatic hydroxyl groups excluding tert-OH is 1. The van der Waals surface area contributed by atoms with Crippen LogP contribution in [-0.2, 0) is 4.79 Å². The summed E-state index contributed by atoms with van der Waals surface area (Å²) in [5.41, 5.74) is 1.17. The van der Waals surface area contributed by atoms with Crippen LogP contribution in [0.15, 0.2) is 64.4 Å². The number of nitrogens with zero attached hydrogens (tertiary/aromatic N) is 3. The molecule has 1 aromatic carbocycles. The van der Waals surface area contributed by atoms with Crippen molar-refractivity contribution < 1.29 is 9.90 Å². The summed E-state index contributed by atoms with van der Waals surface area (Å²) in [6.45, 7) is 2.90. The van der Waals surface area contributed by atoms with Crippen LogP contribution in [-0.4, -0.2) is 42.7 Å². The third-order valence-electron chi connectivity index (χ3n) is 6.05. The molecule has 1 saturated heterocycles. The van der Waals surface area contributed by atoms with E-state index in [4.69, 9.17) is 12.2 Å². The van der Waals surface area contributed by atoms with E-state index in [1.54, 1.807) is 35.4 Å².